The molecule has 0 N–H and O–H groups in total. The Kier molecular flexibility index (Phi) is 2.84. The smallest absolute Gasteiger partial charge is 0.153 e. The molecule has 0 amide bonds. The summed E-state index contributed by atoms with van der Waals surface area (Å²) in [5.41, 5.74) is 0.815. The molecule has 0 saturated carbocycles. The van der Waals surface area contributed by atoms with Gasteiger partial charge in [0.1, 0.15) is 5.82 Å². The predicted molar refractivity (Wildman–Crippen MR) is 60.1 cm³/mol. The van der Waals surface area contributed by atoms with E-state index in [2.05, 4.69) is 0 Å². The monoisotopic (exact) mass is 240 g/mol. The van der Waals surface area contributed by atoms with Crippen molar-refractivity contribution in [3.05, 3.63) is 46.0 Å². The van der Waals surface area contributed by atoms with Crippen LogP contribution in [0.3, 0.4) is 0 Å². The summed E-state index contributed by atoms with van der Waals surface area (Å²) in [5.74, 6) is -0.513. The SMILES string of the molecule is O=Cc1cc(-c2sccc2Cl)ccc1F. The van der Waals surface area contributed by atoms with Gasteiger partial charge in [-0.1, -0.05) is 17.7 Å². The van der Waals surface area contributed by atoms with Crippen molar-refractivity contribution < 1.29 is 9.18 Å². The molecule has 0 aliphatic carbocycles. The maximum atomic E-state index is 13.1. The Bertz CT molecular complexity index is 507. The fourth-order valence-electron chi connectivity index (χ4n) is 1.28. The van der Waals surface area contributed by atoms with Crippen LogP contribution in [0.25, 0.3) is 10.4 Å². The van der Waals surface area contributed by atoms with Crippen LogP contribution in [0.2, 0.25) is 5.02 Å². The van der Waals surface area contributed by atoms with E-state index in [1.54, 1.807) is 12.1 Å². The van der Waals surface area contributed by atoms with Crippen molar-refractivity contribution in [2.24, 2.45) is 0 Å². The molecule has 0 atom stereocenters. The molecule has 1 aromatic carbocycles. The van der Waals surface area contributed by atoms with Crippen molar-refractivity contribution in [1.29, 1.82) is 0 Å². The van der Waals surface area contributed by atoms with Crippen molar-refractivity contribution in [1.82, 2.24) is 0 Å². The molecular weight excluding hydrogens is 235 g/mol. The van der Waals surface area contributed by atoms with Gasteiger partial charge in [-0.3, -0.25) is 4.79 Å². The first-order chi connectivity index (χ1) is 7.22. The normalized spacial score (nSPS) is 10.3. The summed E-state index contributed by atoms with van der Waals surface area (Å²) in [5, 5.41) is 2.46. The Hall–Kier alpha value is -1.19. The van der Waals surface area contributed by atoms with Crippen LogP contribution < -0.4 is 0 Å². The molecular formula is C11H6ClFOS. The molecule has 1 aromatic heterocycles. The molecule has 4 heteroatoms. The summed E-state index contributed by atoms with van der Waals surface area (Å²) in [7, 11) is 0. The lowest BCUT2D eigenvalue weighted by atomic mass is 10.1. The average Bonchev–Trinajstić information content (AvgIpc) is 2.65. The summed E-state index contributed by atoms with van der Waals surface area (Å²) in [4.78, 5) is 11.4. The van der Waals surface area contributed by atoms with Crippen LogP contribution in [0.5, 0.6) is 0 Å². The van der Waals surface area contributed by atoms with E-state index in [1.807, 2.05) is 5.38 Å². The summed E-state index contributed by atoms with van der Waals surface area (Å²) >= 11 is 7.40. The number of hydrogen-bond acceptors (Lipinski definition) is 2. The summed E-state index contributed by atoms with van der Waals surface area (Å²) in [6.07, 6.45) is 0.500. The van der Waals surface area contributed by atoms with Crippen molar-refractivity contribution in [2.45, 2.75) is 0 Å². The van der Waals surface area contributed by atoms with E-state index in [1.165, 1.54) is 23.5 Å². The van der Waals surface area contributed by atoms with Crippen molar-refractivity contribution in [3.63, 3.8) is 0 Å². The maximum absolute atomic E-state index is 13.1. The maximum Gasteiger partial charge on any atom is 0.153 e. The summed E-state index contributed by atoms with van der Waals surface area (Å²) in [6, 6.07) is 6.15. The zero-order chi connectivity index (χ0) is 10.8. The van der Waals surface area contributed by atoms with Gasteiger partial charge in [0.15, 0.2) is 6.29 Å². The number of aldehydes is 1. The van der Waals surface area contributed by atoms with E-state index < -0.39 is 5.82 Å². The van der Waals surface area contributed by atoms with Gasteiger partial charge in [-0.15, -0.1) is 11.3 Å². The van der Waals surface area contributed by atoms with Crippen LogP contribution in [0.1, 0.15) is 10.4 Å². The second-order valence-electron chi connectivity index (χ2n) is 2.95. The number of rotatable bonds is 2. The van der Waals surface area contributed by atoms with Gasteiger partial charge in [0, 0.05) is 0 Å². The molecule has 2 rings (SSSR count). The lowest BCUT2D eigenvalue weighted by molar-refractivity contribution is 0.112. The largest absolute Gasteiger partial charge is 0.298 e. The number of thiophene rings is 1. The van der Waals surface area contributed by atoms with Gasteiger partial charge in [-0.2, -0.15) is 0 Å². The molecule has 0 fully saturated rings. The molecule has 0 radical (unpaired) electrons. The number of benzene rings is 1. The number of carbonyl (C=O) groups excluding carboxylic acids is 1. The van der Waals surface area contributed by atoms with Crippen LogP contribution in [-0.2, 0) is 0 Å². The molecule has 0 saturated heterocycles. The van der Waals surface area contributed by atoms with E-state index in [0.29, 0.717) is 11.3 Å². The minimum absolute atomic E-state index is 0.0527. The predicted octanol–water partition coefficient (Wildman–Crippen LogP) is 4.02. The number of hydrogen-bond donors (Lipinski definition) is 0. The molecule has 1 heterocycles. The fraction of sp³-hybridized carbons (Fsp3) is 0. The van der Waals surface area contributed by atoms with E-state index >= 15 is 0 Å². The summed E-state index contributed by atoms with van der Waals surface area (Å²) in [6.45, 7) is 0. The third-order valence-electron chi connectivity index (χ3n) is 2.00. The molecule has 0 bridgehead atoms. The Morgan fingerprint density at radius 2 is 2.13 bits per heavy atom. The molecule has 0 aliphatic rings. The van der Waals surface area contributed by atoms with E-state index in [-0.39, 0.29) is 5.56 Å². The first-order valence-electron chi connectivity index (χ1n) is 4.20. The standard InChI is InChI=1S/C11H6ClFOS/c12-9-3-4-15-11(9)7-1-2-10(13)8(5-7)6-14/h1-6H. The zero-order valence-electron chi connectivity index (χ0n) is 7.54. The van der Waals surface area contributed by atoms with Crippen LogP contribution in [0, 0.1) is 5.82 Å². The van der Waals surface area contributed by atoms with Gasteiger partial charge in [0.25, 0.3) is 0 Å². The Labute approximate surface area is 95.1 Å². The second-order valence-corrected chi connectivity index (χ2v) is 4.28. The lowest BCUT2D eigenvalue weighted by Gasteiger charge is -2.00. The van der Waals surface area contributed by atoms with Crippen LogP contribution in [-0.4, -0.2) is 6.29 Å². The lowest BCUT2D eigenvalue weighted by Crippen LogP contribution is -1.87. The zero-order valence-corrected chi connectivity index (χ0v) is 9.11. The first-order valence-corrected chi connectivity index (χ1v) is 5.46. The van der Waals surface area contributed by atoms with E-state index in [0.717, 1.165) is 10.4 Å². The highest BCUT2D eigenvalue weighted by atomic mass is 35.5. The minimum Gasteiger partial charge on any atom is -0.298 e. The highest BCUT2D eigenvalue weighted by Crippen LogP contribution is 2.33. The highest BCUT2D eigenvalue weighted by molar-refractivity contribution is 7.14. The van der Waals surface area contributed by atoms with Gasteiger partial charge in [-0.25, -0.2) is 4.39 Å². The highest BCUT2D eigenvalue weighted by Gasteiger charge is 2.08. The topological polar surface area (TPSA) is 17.1 Å². The first kappa shape index (κ1) is 10.3. The summed E-state index contributed by atoms with van der Waals surface area (Å²) < 4.78 is 13.1. The van der Waals surface area contributed by atoms with Gasteiger partial charge >= 0.3 is 0 Å². The number of carbonyl (C=O) groups is 1. The van der Waals surface area contributed by atoms with Crippen LogP contribution in [0.4, 0.5) is 4.39 Å². The Morgan fingerprint density at radius 1 is 1.33 bits per heavy atom. The van der Waals surface area contributed by atoms with E-state index in [4.69, 9.17) is 11.6 Å². The van der Waals surface area contributed by atoms with Crippen LogP contribution in [0.15, 0.2) is 29.6 Å². The van der Waals surface area contributed by atoms with Gasteiger partial charge in [0.2, 0.25) is 0 Å². The van der Waals surface area contributed by atoms with Gasteiger partial charge in [0.05, 0.1) is 15.5 Å². The Balaban J connectivity index is 2.55. The molecule has 0 unspecified atom stereocenters. The molecule has 0 spiro atoms. The third kappa shape index (κ3) is 1.94. The molecule has 0 aliphatic heterocycles. The quantitative estimate of drug-likeness (QED) is 0.725. The van der Waals surface area contributed by atoms with Crippen molar-refractivity contribution in [3.8, 4) is 10.4 Å². The minimum atomic E-state index is -0.513. The Morgan fingerprint density at radius 3 is 2.73 bits per heavy atom. The molecule has 15 heavy (non-hydrogen) atoms. The van der Waals surface area contributed by atoms with Gasteiger partial charge in [-0.05, 0) is 29.1 Å². The molecule has 1 nitrogen and oxygen atoms in total. The number of halogens is 2. The van der Waals surface area contributed by atoms with Crippen LogP contribution >= 0.6 is 22.9 Å². The average molecular weight is 241 g/mol. The fourth-order valence-corrected chi connectivity index (χ4v) is 2.44. The van der Waals surface area contributed by atoms with Gasteiger partial charge < -0.3 is 0 Å². The van der Waals surface area contributed by atoms with Crippen molar-refractivity contribution in [2.75, 3.05) is 0 Å². The second kappa shape index (κ2) is 4.13. The molecule has 76 valence electrons. The third-order valence-corrected chi connectivity index (χ3v) is 3.39. The van der Waals surface area contributed by atoms with E-state index in [9.17, 15) is 9.18 Å². The van der Waals surface area contributed by atoms with Crippen molar-refractivity contribution >= 4 is 29.2 Å². The molecule has 2 aromatic rings.